The molecule has 73 valence electrons. The molecule has 0 fully saturated rings. The van der Waals surface area contributed by atoms with E-state index in [1.165, 1.54) is 0 Å². The van der Waals surface area contributed by atoms with Crippen LogP contribution in [0.1, 0.15) is 0 Å². The Kier molecular flexibility index (Phi) is 10.1. The van der Waals surface area contributed by atoms with E-state index in [0.29, 0.717) is 0 Å². The molecule has 0 rings (SSSR count). The summed E-state index contributed by atoms with van der Waals surface area (Å²) >= 11 is -11.5. The Hall–Kier alpha value is 0.754. The van der Waals surface area contributed by atoms with Crippen molar-refractivity contribution in [2.75, 3.05) is 0 Å². The molecule has 0 saturated carbocycles. The first kappa shape index (κ1) is 17.7. The molecule has 0 bridgehead atoms. The molecule has 0 aromatic carbocycles. The monoisotopic (exact) mass is 425 g/mol. The van der Waals surface area contributed by atoms with Crippen molar-refractivity contribution in [3.05, 3.63) is 0 Å². The average molecular weight is 424 g/mol. The third-order valence-electron chi connectivity index (χ3n) is 0. The summed E-state index contributed by atoms with van der Waals surface area (Å²) in [5, 5.41) is 0. The molecule has 0 aromatic heterocycles. The van der Waals surface area contributed by atoms with Gasteiger partial charge < -0.3 is 0 Å². The topological polar surface area (TPSA) is 161 Å². The molecular formula is Cr2IrO8-4. The van der Waals surface area contributed by atoms with E-state index < -0.39 is 27.2 Å². The molecule has 0 unspecified atom stereocenters. The summed E-state index contributed by atoms with van der Waals surface area (Å²) < 4.78 is 68.8. The third-order valence-corrected chi connectivity index (χ3v) is 0. The van der Waals surface area contributed by atoms with Gasteiger partial charge in [0.05, 0.1) is 0 Å². The summed E-state index contributed by atoms with van der Waals surface area (Å²) in [7, 11) is 0. The van der Waals surface area contributed by atoms with Crippen LogP contribution in [0.15, 0.2) is 0 Å². The second-order valence-corrected chi connectivity index (χ2v) is 3.37. The van der Waals surface area contributed by atoms with Crippen LogP contribution in [-0.4, -0.2) is 0 Å². The van der Waals surface area contributed by atoms with Gasteiger partial charge in [0, 0.05) is 20.1 Å². The van der Waals surface area contributed by atoms with Crippen molar-refractivity contribution in [1.82, 2.24) is 0 Å². The summed E-state index contributed by atoms with van der Waals surface area (Å²) in [6.07, 6.45) is 0. The van der Waals surface area contributed by atoms with Gasteiger partial charge in [0.15, 0.2) is 0 Å². The maximum absolute atomic E-state index is 8.59. The van der Waals surface area contributed by atoms with Crippen LogP contribution in [0.5, 0.6) is 0 Å². The van der Waals surface area contributed by atoms with Crippen molar-refractivity contribution >= 4 is 0 Å². The Morgan fingerprint density at radius 3 is 0.636 bits per heavy atom. The number of rotatable bonds is 0. The van der Waals surface area contributed by atoms with Gasteiger partial charge in [-0.15, -0.1) is 0 Å². The van der Waals surface area contributed by atoms with Gasteiger partial charge in [0.25, 0.3) is 0 Å². The normalized spacial score (nSPS) is 10.5. The first-order chi connectivity index (χ1) is 4.00. The van der Waals surface area contributed by atoms with Crippen LogP contribution in [0, 0.1) is 0 Å². The Morgan fingerprint density at radius 2 is 0.636 bits per heavy atom. The second-order valence-electron chi connectivity index (χ2n) is 0.816. The van der Waals surface area contributed by atoms with Crippen molar-refractivity contribution in [2.24, 2.45) is 0 Å². The molecule has 0 heterocycles. The third kappa shape index (κ3) is 1450. The van der Waals surface area contributed by atoms with Crippen LogP contribution in [0.4, 0.5) is 0 Å². The van der Waals surface area contributed by atoms with E-state index in [1.54, 1.807) is 0 Å². The van der Waals surface area contributed by atoms with Gasteiger partial charge in [0.1, 0.15) is 0 Å². The first-order valence-electron chi connectivity index (χ1n) is 1.33. The van der Waals surface area contributed by atoms with Gasteiger partial charge in [-0.2, -0.15) is 0 Å². The predicted octanol–water partition coefficient (Wildman–Crippen LogP) is -5.24. The van der Waals surface area contributed by atoms with Gasteiger partial charge in [-0.25, -0.2) is 0 Å². The predicted molar refractivity (Wildman–Crippen MR) is 2.75 cm³/mol. The molecule has 0 aromatic rings. The minimum atomic E-state index is -5.75. The molecule has 0 amide bonds. The van der Waals surface area contributed by atoms with E-state index in [-0.39, 0.29) is 20.1 Å². The van der Waals surface area contributed by atoms with Gasteiger partial charge in [0.2, 0.25) is 0 Å². The first-order valence-corrected chi connectivity index (χ1v) is 5.50. The van der Waals surface area contributed by atoms with E-state index in [0.717, 1.165) is 0 Å². The fourth-order valence-electron chi connectivity index (χ4n) is 0. The molecule has 0 saturated heterocycles. The van der Waals surface area contributed by atoms with E-state index in [2.05, 4.69) is 0 Å². The van der Waals surface area contributed by atoms with E-state index >= 15 is 0 Å². The molecule has 11 heavy (non-hydrogen) atoms. The Balaban J connectivity index is -0.000000107. The molecule has 0 atom stereocenters. The van der Waals surface area contributed by atoms with Crippen LogP contribution in [0.2, 0.25) is 0 Å². The van der Waals surface area contributed by atoms with Crippen molar-refractivity contribution < 1.29 is 79.2 Å². The van der Waals surface area contributed by atoms with Crippen molar-refractivity contribution in [3.63, 3.8) is 0 Å². The van der Waals surface area contributed by atoms with Crippen LogP contribution >= 0.6 is 0 Å². The summed E-state index contributed by atoms with van der Waals surface area (Å²) in [6, 6.07) is 0. The SMILES string of the molecule is [Ir].[O]=[Cr](=[O])([O-])[O-].[O]=[Cr](=[O])([O-])[O-]. The van der Waals surface area contributed by atoms with Gasteiger partial charge in [-0.05, 0) is 0 Å². The van der Waals surface area contributed by atoms with E-state index in [1.807, 2.05) is 0 Å². The van der Waals surface area contributed by atoms with E-state index in [4.69, 9.17) is 31.8 Å². The van der Waals surface area contributed by atoms with Gasteiger partial charge >= 0.3 is 59.1 Å². The second kappa shape index (κ2) is 6.29. The van der Waals surface area contributed by atoms with Gasteiger partial charge in [-0.3, -0.25) is 0 Å². The van der Waals surface area contributed by atoms with Crippen LogP contribution < -0.4 is 16.6 Å². The summed E-state index contributed by atoms with van der Waals surface area (Å²) in [6.45, 7) is 0. The minimum absolute atomic E-state index is 0. The molecule has 0 aliphatic heterocycles. The summed E-state index contributed by atoms with van der Waals surface area (Å²) in [5.74, 6) is 0. The van der Waals surface area contributed by atoms with Crippen LogP contribution in [-0.2, 0) is 62.5 Å². The molecule has 0 spiro atoms. The fraction of sp³-hybridized carbons (Fsp3) is 0. The average Bonchev–Trinajstić information content (AvgIpc) is 1.12. The van der Waals surface area contributed by atoms with E-state index in [9.17, 15) is 0 Å². The van der Waals surface area contributed by atoms with Crippen molar-refractivity contribution in [1.29, 1.82) is 0 Å². The Labute approximate surface area is 79.0 Å². The summed E-state index contributed by atoms with van der Waals surface area (Å²) in [5.41, 5.74) is 0. The molecule has 11 heteroatoms. The fourth-order valence-corrected chi connectivity index (χ4v) is 0. The van der Waals surface area contributed by atoms with Crippen molar-refractivity contribution in [2.45, 2.75) is 0 Å². The Morgan fingerprint density at radius 1 is 0.636 bits per heavy atom. The molecule has 0 aliphatic carbocycles. The zero-order valence-corrected chi connectivity index (χ0v) is 9.36. The summed E-state index contributed by atoms with van der Waals surface area (Å²) in [4.78, 5) is 0. The molecule has 0 N–H and O–H groups in total. The molecule has 1 radical (unpaired) electrons. The van der Waals surface area contributed by atoms with Crippen molar-refractivity contribution in [3.8, 4) is 0 Å². The van der Waals surface area contributed by atoms with Crippen LogP contribution in [0.25, 0.3) is 0 Å². The molecular weight excluding hydrogens is 424 g/mol. The quantitative estimate of drug-likeness (QED) is 0.373. The zero-order valence-electron chi connectivity index (χ0n) is 4.42. The molecule has 0 aliphatic rings. The van der Waals surface area contributed by atoms with Gasteiger partial charge in [-0.1, -0.05) is 0 Å². The zero-order chi connectivity index (χ0) is 9.00. The number of hydrogen-bond donors (Lipinski definition) is 0. The maximum atomic E-state index is 8.59. The Bertz CT molecular complexity index is 208. The molecule has 8 nitrogen and oxygen atoms in total. The standard InChI is InChI=1S/2Cr.Ir.8O/q;;;;;;;4*-1. The number of hydrogen-bond acceptors (Lipinski definition) is 8. The van der Waals surface area contributed by atoms with Crippen LogP contribution in [0.3, 0.4) is 0 Å².